The van der Waals surface area contributed by atoms with Gasteiger partial charge in [-0.2, -0.15) is 0 Å². The Bertz CT molecular complexity index is 558. The molecule has 2 heterocycles. The highest BCUT2D eigenvalue weighted by Crippen LogP contribution is 2.37. The molecule has 2 aromatic rings. The third kappa shape index (κ3) is 2.67. The van der Waals surface area contributed by atoms with E-state index < -0.39 is 0 Å². The molecule has 0 amide bonds. The Morgan fingerprint density at radius 3 is 3.30 bits per heavy atom. The number of aromatic nitrogens is 2. The third-order valence-electron chi connectivity index (χ3n) is 4.30. The van der Waals surface area contributed by atoms with Gasteiger partial charge in [-0.05, 0) is 42.7 Å². The Morgan fingerprint density at radius 1 is 1.55 bits per heavy atom. The zero-order valence-electron chi connectivity index (χ0n) is 12.1. The first-order valence-corrected chi connectivity index (χ1v) is 8.49. The van der Waals surface area contributed by atoms with E-state index in [1.165, 1.54) is 24.8 Å². The fourth-order valence-electron chi connectivity index (χ4n) is 3.29. The van der Waals surface area contributed by atoms with Gasteiger partial charge in [0, 0.05) is 42.2 Å². The maximum absolute atomic E-state index is 6.53. The van der Waals surface area contributed by atoms with Crippen molar-refractivity contribution in [2.45, 2.75) is 57.5 Å². The van der Waals surface area contributed by atoms with E-state index >= 15 is 0 Å². The first-order valence-electron chi connectivity index (χ1n) is 7.61. The van der Waals surface area contributed by atoms with Crippen LogP contribution in [0.15, 0.2) is 23.8 Å². The first-order chi connectivity index (χ1) is 9.79. The van der Waals surface area contributed by atoms with E-state index in [1.54, 1.807) is 4.88 Å². The van der Waals surface area contributed by atoms with Crippen molar-refractivity contribution >= 4 is 11.3 Å². The standard InChI is InChI=1S/C16H23N3S/c1-2-8-19-9-7-18-16(19)11-14(17)12-4-3-5-15-13(12)6-10-20-15/h6-7,9-10,12,14H,2-5,8,11,17H2,1H3. The minimum atomic E-state index is 0.182. The molecule has 0 aromatic carbocycles. The van der Waals surface area contributed by atoms with E-state index in [0.717, 1.165) is 25.2 Å². The minimum Gasteiger partial charge on any atom is -0.335 e. The number of imidazole rings is 1. The summed E-state index contributed by atoms with van der Waals surface area (Å²) in [5, 5.41) is 2.22. The highest BCUT2D eigenvalue weighted by atomic mass is 32.1. The van der Waals surface area contributed by atoms with Crippen LogP contribution in [0.1, 0.15) is 48.4 Å². The second-order valence-corrected chi connectivity index (χ2v) is 6.70. The molecule has 108 valence electrons. The van der Waals surface area contributed by atoms with Gasteiger partial charge in [-0.15, -0.1) is 11.3 Å². The van der Waals surface area contributed by atoms with Gasteiger partial charge < -0.3 is 10.3 Å². The van der Waals surface area contributed by atoms with Gasteiger partial charge in [-0.25, -0.2) is 4.98 Å². The van der Waals surface area contributed by atoms with Gasteiger partial charge in [0.15, 0.2) is 0 Å². The summed E-state index contributed by atoms with van der Waals surface area (Å²) in [6.07, 6.45) is 9.72. The number of aryl methyl sites for hydroxylation is 2. The fraction of sp³-hybridized carbons (Fsp3) is 0.562. The molecule has 20 heavy (non-hydrogen) atoms. The number of nitrogens with zero attached hydrogens (tertiary/aromatic N) is 2. The van der Waals surface area contributed by atoms with Gasteiger partial charge in [0.1, 0.15) is 5.82 Å². The van der Waals surface area contributed by atoms with E-state index in [9.17, 15) is 0 Å². The van der Waals surface area contributed by atoms with Crippen LogP contribution in [0.25, 0.3) is 0 Å². The van der Waals surface area contributed by atoms with Crippen LogP contribution in [0.5, 0.6) is 0 Å². The van der Waals surface area contributed by atoms with Crippen LogP contribution >= 0.6 is 11.3 Å². The monoisotopic (exact) mass is 289 g/mol. The van der Waals surface area contributed by atoms with E-state index in [2.05, 4.69) is 34.1 Å². The lowest BCUT2D eigenvalue weighted by Crippen LogP contribution is -2.33. The van der Waals surface area contributed by atoms with Gasteiger partial charge >= 0.3 is 0 Å². The fourth-order valence-corrected chi connectivity index (χ4v) is 4.29. The van der Waals surface area contributed by atoms with Gasteiger partial charge in [-0.3, -0.25) is 0 Å². The summed E-state index contributed by atoms with van der Waals surface area (Å²) in [6, 6.07) is 2.46. The van der Waals surface area contributed by atoms with Crippen molar-refractivity contribution in [2.24, 2.45) is 5.73 Å². The van der Waals surface area contributed by atoms with Crippen molar-refractivity contribution in [3.63, 3.8) is 0 Å². The molecule has 2 unspecified atom stereocenters. The largest absolute Gasteiger partial charge is 0.335 e. The highest BCUT2D eigenvalue weighted by Gasteiger charge is 2.27. The van der Waals surface area contributed by atoms with Crippen LogP contribution in [0.2, 0.25) is 0 Å². The van der Waals surface area contributed by atoms with Crippen LogP contribution in [0.3, 0.4) is 0 Å². The number of fused-ring (bicyclic) bond motifs is 1. The summed E-state index contributed by atoms with van der Waals surface area (Å²) in [6.45, 7) is 3.24. The van der Waals surface area contributed by atoms with Crippen molar-refractivity contribution in [3.8, 4) is 0 Å². The molecule has 2 atom stereocenters. The van der Waals surface area contributed by atoms with Crippen LogP contribution in [-0.2, 0) is 19.4 Å². The summed E-state index contributed by atoms with van der Waals surface area (Å²) in [7, 11) is 0. The molecule has 0 saturated heterocycles. The van der Waals surface area contributed by atoms with Gasteiger partial charge in [0.05, 0.1) is 0 Å². The lowest BCUT2D eigenvalue weighted by atomic mass is 9.81. The summed E-state index contributed by atoms with van der Waals surface area (Å²) >= 11 is 1.89. The second-order valence-electron chi connectivity index (χ2n) is 5.70. The topological polar surface area (TPSA) is 43.8 Å². The molecule has 3 rings (SSSR count). The highest BCUT2D eigenvalue weighted by molar-refractivity contribution is 7.10. The molecule has 2 N–H and O–H groups in total. The van der Waals surface area contributed by atoms with E-state index in [1.807, 2.05) is 17.5 Å². The van der Waals surface area contributed by atoms with Crippen molar-refractivity contribution in [1.82, 2.24) is 9.55 Å². The molecule has 2 aromatic heterocycles. The van der Waals surface area contributed by atoms with Crippen molar-refractivity contribution in [2.75, 3.05) is 0 Å². The SMILES string of the molecule is CCCn1ccnc1CC(N)C1CCCc2sccc21. The van der Waals surface area contributed by atoms with Crippen molar-refractivity contribution < 1.29 is 0 Å². The van der Waals surface area contributed by atoms with Crippen LogP contribution in [-0.4, -0.2) is 15.6 Å². The molecule has 0 aliphatic heterocycles. The Hall–Kier alpha value is -1.13. The summed E-state index contributed by atoms with van der Waals surface area (Å²) in [4.78, 5) is 6.05. The predicted octanol–water partition coefficient (Wildman–Crippen LogP) is 3.34. The van der Waals surface area contributed by atoms with Gasteiger partial charge in [0.2, 0.25) is 0 Å². The summed E-state index contributed by atoms with van der Waals surface area (Å²) < 4.78 is 2.25. The number of hydrogen-bond acceptors (Lipinski definition) is 3. The van der Waals surface area contributed by atoms with Crippen molar-refractivity contribution in [3.05, 3.63) is 40.1 Å². The number of hydrogen-bond donors (Lipinski definition) is 1. The first kappa shape index (κ1) is 13.8. The quantitative estimate of drug-likeness (QED) is 0.917. The van der Waals surface area contributed by atoms with Gasteiger partial charge in [-0.1, -0.05) is 6.92 Å². The molecule has 0 spiro atoms. The molecular formula is C16H23N3S. The Labute approximate surface area is 124 Å². The Kier molecular flexibility index (Phi) is 4.22. The zero-order chi connectivity index (χ0) is 13.9. The van der Waals surface area contributed by atoms with Crippen LogP contribution in [0.4, 0.5) is 0 Å². The van der Waals surface area contributed by atoms with E-state index in [4.69, 9.17) is 5.73 Å². The maximum Gasteiger partial charge on any atom is 0.110 e. The molecule has 1 aliphatic carbocycles. The zero-order valence-corrected chi connectivity index (χ0v) is 12.9. The summed E-state index contributed by atoms with van der Waals surface area (Å²) in [5.74, 6) is 1.65. The molecular weight excluding hydrogens is 266 g/mol. The lowest BCUT2D eigenvalue weighted by molar-refractivity contribution is 0.450. The molecule has 4 heteroatoms. The van der Waals surface area contributed by atoms with Crippen LogP contribution in [0, 0.1) is 0 Å². The number of thiophene rings is 1. The average molecular weight is 289 g/mol. The molecule has 0 bridgehead atoms. The van der Waals surface area contributed by atoms with Crippen LogP contribution < -0.4 is 5.73 Å². The summed E-state index contributed by atoms with van der Waals surface area (Å²) in [5.41, 5.74) is 8.03. The lowest BCUT2D eigenvalue weighted by Gasteiger charge is -2.28. The van der Waals surface area contributed by atoms with E-state index in [0.29, 0.717) is 5.92 Å². The predicted molar refractivity (Wildman–Crippen MR) is 84.2 cm³/mol. The number of nitrogens with two attached hydrogens (primary N) is 1. The third-order valence-corrected chi connectivity index (χ3v) is 5.30. The molecule has 1 aliphatic rings. The maximum atomic E-state index is 6.53. The normalized spacial score (nSPS) is 19.8. The van der Waals surface area contributed by atoms with E-state index in [-0.39, 0.29) is 6.04 Å². The molecule has 0 radical (unpaired) electrons. The average Bonchev–Trinajstić information content (AvgIpc) is 3.08. The van der Waals surface area contributed by atoms with Gasteiger partial charge in [0.25, 0.3) is 0 Å². The number of rotatable bonds is 5. The molecule has 3 nitrogen and oxygen atoms in total. The Morgan fingerprint density at radius 2 is 2.45 bits per heavy atom. The molecule has 0 fully saturated rings. The molecule has 0 saturated carbocycles. The minimum absolute atomic E-state index is 0.182. The Balaban J connectivity index is 1.74. The second kappa shape index (κ2) is 6.10. The smallest absolute Gasteiger partial charge is 0.110 e. The van der Waals surface area contributed by atoms with Crippen molar-refractivity contribution in [1.29, 1.82) is 0 Å².